The Hall–Kier alpha value is -1.79. The van der Waals surface area contributed by atoms with Gasteiger partial charge in [0.2, 0.25) is 0 Å². The summed E-state index contributed by atoms with van der Waals surface area (Å²) in [7, 11) is 0. The van der Waals surface area contributed by atoms with Crippen LogP contribution in [0.25, 0.3) is 0 Å². The van der Waals surface area contributed by atoms with Gasteiger partial charge in [0.25, 0.3) is 5.69 Å². The molecule has 4 nitrogen and oxygen atoms in total. The number of aryl methyl sites for hydroxylation is 1. The van der Waals surface area contributed by atoms with Crippen LogP contribution in [0.5, 0.6) is 5.75 Å². The molecule has 81 valence electrons. The average molecular weight is 220 g/mol. The van der Waals surface area contributed by atoms with Crippen molar-refractivity contribution >= 4 is 5.69 Å². The standard InChI is InChI=1S/C8H5F3NO3/c1-5-2-3-6(12(13)14)4-7(5)15-8(9,10)11/h3-4H,1H3. The van der Waals surface area contributed by atoms with E-state index in [4.69, 9.17) is 0 Å². The second-order valence-corrected chi connectivity index (χ2v) is 2.65. The number of nitro groups is 1. The third-order valence-electron chi connectivity index (χ3n) is 1.52. The molecule has 0 heterocycles. The van der Waals surface area contributed by atoms with E-state index in [1.54, 1.807) is 0 Å². The quantitative estimate of drug-likeness (QED) is 0.568. The highest BCUT2D eigenvalue weighted by molar-refractivity contribution is 5.42. The van der Waals surface area contributed by atoms with Crippen LogP contribution in [0.2, 0.25) is 0 Å². The second-order valence-electron chi connectivity index (χ2n) is 2.65. The Morgan fingerprint density at radius 3 is 2.60 bits per heavy atom. The first-order valence-corrected chi connectivity index (χ1v) is 3.72. The van der Waals surface area contributed by atoms with E-state index in [0.29, 0.717) is 6.07 Å². The lowest BCUT2D eigenvalue weighted by Gasteiger charge is -2.10. The Bertz CT molecular complexity index is 389. The Morgan fingerprint density at radius 1 is 1.53 bits per heavy atom. The molecule has 0 aliphatic heterocycles. The molecule has 0 aliphatic rings. The topological polar surface area (TPSA) is 52.4 Å². The molecule has 1 rings (SSSR count). The summed E-state index contributed by atoms with van der Waals surface area (Å²) in [6.45, 7) is 1.31. The predicted molar refractivity (Wildman–Crippen MR) is 43.4 cm³/mol. The van der Waals surface area contributed by atoms with Gasteiger partial charge in [0.05, 0.1) is 11.0 Å². The minimum absolute atomic E-state index is 0.0536. The van der Waals surface area contributed by atoms with E-state index in [0.717, 1.165) is 6.07 Å². The number of non-ortho nitro benzene ring substituents is 1. The molecule has 15 heavy (non-hydrogen) atoms. The summed E-state index contributed by atoms with van der Waals surface area (Å²) >= 11 is 0. The number of rotatable bonds is 2. The zero-order chi connectivity index (χ0) is 11.6. The van der Waals surface area contributed by atoms with E-state index in [2.05, 4.69) is 10.8 Å². The van der Waals surface area contributed by atoms with Gasteiger partial charge in [-0.3, -0.25) is 10.1 Å². The Morgan fingerprint density at radius 2 is 2.13 bits per heavy atom. The third-order valence-corrected chi connectivity index (χ3v) is 1.52. The zero-order valence-corrected chi connectivity index (χ0v) is 7.46. The monoisotopic (exact) mass is 220 g/mol. The highest BCUT2D eigenvalue weighted by atomic mass is 19.4. The summed E-state index contributed by atoms with van der Waals surface area (Å²) < 4.78 is 39.1. The summed E-state index contributed by atoms with van der Waals surface area (Å²) in [5, 5.41) is 10.3. The highest BCUT2D eigenvalue weighted by Gasteiger charge is 2.32. The lowest BCUT2D eigenvalue weighted by atomic mass is 10.2. The van der Waals surface area contributed by atoms with Crippen LogP contribution < -0.4 is 4.74 Å². The van der Waals surface area contributed by atoms with Gasteiger partial charge < -0.3 is 4.74 Å². The number of halogens is 3. The number of ether oxygens (including phenoxy) is 1. The minimum Gasteiger partial charge on any atom is -0.405 e. The first kappa shape index (κ1) is 11.3. The number of nitrogens with zero attached hydrogens (tertiary/aromatic N) is 1. The van der Waals surface area contributed by atoms with Crippen molar-refractivity contribution in [3.05, 3.63) is 33.9 Å². The van der Waals surface area contributed by atoms with Gasteiger partial charge in [-0.05, 0) is 18.6 Å². The van der Waals surface area contributed by atoms with E-state index >= 15 is 0 Å². The maximum atomic E-state index is 11.8. The van der Waals surface area contributed by atoms with Crippen LogP contribution in [0.15, 0.2) is 12.1 Å². The van der Waals surface area contributed by atoms with E-state index in [1.165, 1.54) is 6.92 Å². The predicted octanol–water partition coefficient (Wildman–Crippen LogP) is 2.60. The summed E-state index contributed by atoms with van der Waals surface area (Å²) in [4.78, 5) is 9.46. The van der Waals surface area contributed by atoms with Gasteiger partial charge in [-0.1, -0.05) is 0 Å². The van der Waals surface area contributed by atoms with Crippen molar-refractivity contribution in [2.24, 2.45) is 0 Å². The molecule has 0 bridgehead atoms. The van der Waals surface area contributed by atoms with Gasteiger partial charge in [0.15, 0.2) is 0 Å². The smallest absolute Gasteiger partial charge is 0.405 e. The lowest BCUT2D eigenvalue weighted by molar-refractivity contribution is -0.385. The van der Waals surface area contributed by atoms with Crippen LogP contribution in [0.4, 0.5) is 18.9 Å². The Balaban J connectivity index is 3.06. The summed E-state index contributed by atoms with van der Waals surface area (Å²) in [6.07, 6.45) is -4.87. The molecule has 0 atom stereocenters. The van der Waals surface area contributed by atoms with Crippen LogP contribution in [0.1, 0.15) is 5.56 Å². The van der Waals surface area contributed by atoms with Gasteiger partial charge in [-0.25, -0.2) is 0 Å². The summed E-state index contributed by atoms with van der Waals surface area (Å²) in [5.41, 5.74) is -0.447. The van der Waals surface area contributed by atoms with Crippen LogP contribution >= 0.6 is 0 Å². The fourth-order valence-electron chi connectivity index (χ4n) is 0.874. The second kappa shape index (κ2) is 3.76. The SMILES string of the molecule is Cc1[c]cc([N+](=O)[O-])cc1OC(F)(F)F. The Kier molecular flexibility index (Phi) is 2.83. The Labute approximate surface area is 82.4 Å². The van der Waals surface area contributed by atoms with Gasteiger partial charge >= 0.3 is 6.36 Å². The molecule has 1 aromatic carbocycles. The molecular formula is C8H5F3NO3. The molecule has 0 saturated carbocycles. The van der Waals surface area contributed by atoms with Crippen molar-refractivity contribution in [2.45, 2.75) is 13.3 Å². The van der Waals surface area contributed by atoms with Crippen LogP contribution in [-0.2, 0) is 0 Å². The third kappa shape index (κ3) is 3.12. The lowest BCUT2D eigenvalue weighted by Crippen LogP contribution is -2.17. The van der Waals surface area contributed by atoms with E-state index < -0.39 is 22.7 Å². The number of hydrogen-bond donors (Lipinski definition) is 0. The number of hydrogen-bond acceptors (Lipinski definition) is 3. The molecule has 0 saturated heterocycles. The van der Waals surface area contributed by atoms with Crippen molar-refractivity contribution < 1.29 is 22.8 Å². The molecule has 0 amide bonds. The first-order chi connectivity index (χ1) is 6.79. The molecule has 0 spiro atoms. The molecule has 7 heteroatoms. The van der Waals surface area contributed by atoms with E-state index in [1.807, 2.05) is 0 Å². The molecule has 0 unspecified atom stereocenters. The fourth-order valence-corrected chi connectivity index (χ4v) is 0.874. The minimum atomic E-state index is -4.87. The van der Waals surface area contributed by atoms with Crippen molar-refractivity contribution in [1.82, 2.24) is 0 Å². The van der Waals surface area contributed by atoms with Crippen molar-refractivity contribution in [1.29, 1.82) is 0 Å². The maximum absolute atomic E-state index is 11.8. The molecule has 0 aliphatic carbocycles. The van der Waals surface area contributed by atoms with Crippen LogP contribution in [0, 0.1) is 23.1 Å². The van der Waals surface area contributed by atoms with Crippen LogP contribution in [-0.4, -0.2) is 11.3 Å². The number of alkyl halides is 3. The molecule has 1 radical (unpaired) electrons. The van der Waals surface area contributed by atoms with E-state index in [-0.39, 0.29) is 5.56 Å². The first-order valence-electron chi connectivity index (χ1n) is 3.72. The van der Waals surface area contributed by atoms with Crippen molar-refractivity contribution in [3.63, 3.8) is 0 Å². The van der Waals surface area contributed by atoms with Crippen molar-refractivity contribution in [2.75, 3.05) is 0 Å². The summed E-state index contributed by atoms with van der Waals surface area (Å²) in [5.74, 6) is -0.614. The summed E-state index contributed by atoms with van der Waals surface area (Å²) in [6, 6.07) is 4.00. The average Bonchev–Trinajstić information content (AvgIpc) is 2.06. The van der Waals surface area contributed by atoms with Crippen LogP contribution in [0.3, 0.4) is 0 Å². The van der Waals surface area contributed by atoms with Gasteiger partial charge in [0, 0.05) is 6.07 Å². The number of benzene rings is 1. The van der Waals surface area contributed by atoms with Crippen molar-refractivity contribution in [3.8, 4) is 5.75 Å². The van der Waals surface area contributed by atoms with E-state index in [9.17, 15) is 23.3 Å². The normalized spacial score (nSPS) is 11.2. The highest BCUT2D eigenvalue weighted by Crippen LogP contribution is 2.28. The molecule has 0 fully saturated rings. The van der Waals surface area contributed by atoms with Gasteiger partial charge in [0.1, 0.15) is 5.75 Å². The molecule has 0 aromatic heterocycles. The zero-order valence-electron chi connectivity index (χ0n) is 7.46. The molecule has 0 N–H and O–H groups in total. The number of nitro benzene ring substituents is 1. The molecular weight excluding hydrogens is 215 g/mol. The fraction of sp³-hybridized carbons (Fsp3) is 0.250. The largest absolute Gasteiger partial charge is 0.573 e. The van der Waals surface area contributed by atoms with Gasteiger partial charge in [-0.2, -0.15) is 0 Å². The maximum Gasteiger partial charge on any atom is 0.573 e. The van der Waals surface area contributed by atoms with Gasteiger partial charge in [-0.15, -0.1) is 13.2 Å². The molecule has 1 aromatic rings.